The van der Waals surface area contributed by atoms with Crippen LogP contribution in [0.25, 0.3) is 0 Å². The van der Waals surface area contributed by atoms with E-state index in [1.807, 2.05) is 30.3 Å². The van der Waals surface area contributed by atoms with Crippen LogP contribution in [0.5, 0.6) is 0 Å². The molecular weight excluding hydrogens is 214 g/mol. The molecule has 0 bridgehead atoms. The lowest BCUT2D eigenvalue weighted by molar-refractivity contribution is 0.235. The van der Waals surface area contributed by atoms with Crippen molar-refractivity contribution >= 4 is 10.0 Å². The zero-order chi connectivity index (χ0) is 11.3. The predicted molar refractivity (Wildman–Crippen MR) is 58.5 cm³/mol. The van der Waals surface area contributed by atoms with Gasteiger partial charge in [0, 0.05) is 0 Å². The normalized spacial score (nSPS) is 13.7. The molecular formula is C10H15NO3S. The van der Waals surface area contributed by atoms with Crippen LogP contribution in [0.3, 0.4) is 0 Å². The van der Waals surface area contributed by atoms with E-state index >= 15 is 0 Å². The van der Waals surface area contributed by atoms with E-state index in [9.17, 15) is 8.42 Å². The molecule has 0 aliphatic rings. The Morgan fingerprint density at radius 3 is 2.40 bits per heavy atom. The number of aliphatic hydroxyl groups is 1. The second-order valence-corrected chi connectivity index (χ2v) is 5.14. The van der Waals surface area contributed by atoms with Gasteiger partial charge < -0.3 is 5.11 Å². The Bertz CT molecular complexity index is 388. The third-order valence-corrected chi connectivity index (χ3v) is 3.13. The van der Waals surface area contributed by atoms with Crippen LogP contribution in [0.1, 0.15) is 18.4 Å². The predicted octanol–water partition coefficient (Wildman–Crippen LogP) is 0.616. The lowest BCUT2D eigenvalue weighted by Gasteiger charge is -2.07. The van der Waals surface area contributed by atoms with Gasteiger partial charge in [-0.1, -0.05) is 30.3 Å². The molecule has 0 aliphatic carbocycles. The zero-order valence-corrected chi connectivity index (χ0v) is 9.15. The van der Waals surface area contributed by atoms with Crippen LogP contribution in [-0.2, 0) is 16.4 Å². The minimum Gasteiger partial charge on any atom is -0.376 e. The van der Waals surface area contributed by atoms with Gasteiger partial charge in [0.25, 0.3) is 0 Å². The summed E-state index contributed by atoms with van der Waals surface area (Å²) in [5, 5.41) is 13.9. The minimum absolute atomic E-state index is 0.174. The van der Waals surface area contributed by atoms with Crippen LogP contribution in [-0.4, -0.2) is 19.0 Å². The molecule has 5 heteroatoms. The minimum atomic E-state index is -3.80. The van der Waals surface area contributed by atoms with E-state index < -0.39 is 15.5 Å². The van der Waals surface area contributed by atoms with Crippen LogP contribution in [0.15, 0.2) is 30.3 Å². The molecule has 0 heterocycles. The molecule has 0 aliphatic heterocycles. The molecule has 0 radical (unpaired) electrons. The first-order valence-corrected chi connectivity index (χ1v) is 6.34. The average Bonchev–Trinajstić information content (AvgIpc) is 2.18. The maximum Gasteiger partial charge on any atom is 0.235 e. The van der Waals surface area contributed by atoms with Gasteiger partial charge in [-0.15, -0.1) is 0 Å². The summed E-state index contributed by atoms with van der Waals surface area (Å²) >= 11 is 0. The van der Waals surface area contributed by atoms with Crippen molar-refractivity contribution in [3.63, 3.8) is 0 Å². The third kappa shape index (κ3) is 4.42. The quantitative estimate of drug-likeness (QED) is 0.776. The molecule has 0 aromatic heterocycles. The fraction of sp³-hybridized carbons (Fsp3) is 0.400. The number of aliphatic hydroxyl groups excluding tert-OH is 1. The monoisotopic (exact) mass is 229 g/mol. The summed E-state index contributed by atoms with van der Waals surface area (Å²) < 4.78 is 21.4. The molecule has 0 spiro atoms. The Morgan fingerprint density at radius 2 is 1.87 bits per heavy atom. The van der Waals surface area contributed by atoms with E-state index in [1.54, 1.807) is 0 Å². The number of benzene rings is 1. The number of aryl methyl sites for hydroxylation is 1. The van der Waals surface area contributed by atoms with Gasteiger partial charge in [-0.3, -0.25) is 0 Å². The van der Waals surface area contributed by atoms with E-state index in [-0.39, 0.29) is 6.42 Å². The largest absolute Gasteiger partial charge is 0.376 e. The van der Waals surface area contributed by atoms with Crippen molar-refractivity contribution in [3.05, 3.63) is 35.9 Å². The first-order chi connectivity index (χ1) is 7.00. The van der Waals surface area contributed by atoms with Crippen LogP contribution >= 0.6 is 0 Å². The molecule has 1 rings (SSSR count). The van der Waals surface area contributed by atoms with Gasteiger partial charge in [0.2, 0.25) is 10.0 Å². The summed E-state index contributed by atoms with van der Waals surface area (Å²) in [5.74, 6) is 0. The highest BCUT2D eigenvalue weighted by Gasteiger charge is 2.16. The van der Waals surface area contributed by atoms with Crippen LogP contribution in [0.2, 0.25) is 0 Å². The first-order valence-electron chi connectivity index (χ1n) is 4.74. The lowest BCUT2D eigenvalue weighted by Crippen LogP contribution is -2.28. The number of hydrogen-bond donors (Lipinski definition) is 2. The van der Waals surface area contributed by atoms with Crippen molar-refractivity contribution in [1.29, 1.82) is 0 Å². The van der Waals surface area contributed by atoms with E-state index in [1.165, 1.54) is 0 Å². The van der Waals surface area contributed by atoms with Gasteiger partial charge in [-0.25, -0.2) is 13.6 Å². The molecule has 0 amide bonds. The maximum absolute atomic E-state index is 10.7. The highest BCUT2D eigenvalue weighted by Crippen LogP contribution is 2.08. The van der Waals surface area contributed by atoms with Gasteiger partial charge in [0.1, 0.15) is 0 Å². The Balaban J connectivity index is 2.35. The number of nitrogens with two attached hydrogens (primary N) is 1. The fourth-order valence-electron chi connectivity index (χ4n) is 1.29. The second-order valence-electron chi connectivity index (χ2n) is 3.42. The van der Waals surface area contributed by atoms with Crippen LogP contribution in [0.4, 0.5) is 0 Å². The molecule has 84 valence electrons. The van der Waals surface area contributed by atoms with Gasteiger partial charge in [-0.05, 0) is 24.8 Å². The van der Waals surface area contributed by atoms with E-state index in [4.69, 9.17) is 10.2 Å². The Morgan fingerprint density at radius 1 is 1.27 bits per heavy atom. The van der Waals surface area contributed by atoms with Crippen molar-refractivity contribution in [2.75, 3.05) is 0 Å². The number of primary sulfonamides is 1. The van der Waals surface area contributed by atoms with E-state index in [2.05, 4.69) is 0 Å². The number of rotatable bonds is 5. The molecule has 15 heavy (non-hydrogen) atoms. The zero-order valence-electron chi connectivity index (χ0n) is 8.33. The number of hydrogen-bond acceptors (Lipinski definition) is 3. The summed E-state index contributed by atoms with van der Waals surface area (Å²) in [6.45, 7) is 0. The van der Waals surface area contributed by atoms with Gasteiger partial charge in [-0.2, -0.15) is 0 Å². The lowest BCUT2D eigenvalue weighted by atomic mass is 10.1. The standard InChI is InChI=1S/C10H15NO3S/c11-15(13,14)10(12)8-4-7-9-5-2-1-3-6-9/h1-3,5-6,10,12H,4,7-8H2,(H2,11,13,14). The highest BCUT2D eigenvalue weighted by molar-refractivity contribution is 7.89. The van der Waals surface area contributed by atoms with Gasteiger partial charge in [0.15, 0.2) is 5.44 Å². The molecule has 4 nitrogen and oxygen atoms in total. The van der Waals surface area contributed by atoms with Crippen molar-refractivity contribution in [3.8, 4) is 0 Å². The highest BCUT2D eigenvalue weighted by atomic mass is 32.2. The van der Waals surface area contributed by atoms with Crippen LogP contribution < -0.4 is 5.14 Å². The summed E-state index contributed by atoms with van der Waals surface area (Å²) in [4.78, 5) is 0. The number of sulfonamides is 1. The topological polar surface area (TPSA) is 80.4 Å². The van der Waals surface area contributed by atoms with Gasteiger partial charge in [0.05, 0.1) is 0 Å². The third-order valence-electron chi connectivity index (χ3n) is 2.14. The Labute approximate surface area is 89.8 Å². The van der Waals surface area contributed by atoms with Gasteiger partial charge >= 0.3 is 0 Å². The maximum atomic E-state index is 10.7. The summed E-state index contributed by atoms with van der Waals surface area (Å²) in [6, 6.07) is 9.69. The first kappa shape index (κ1) is 12.2. The van der Waals surface area contributed by atoms with Crippen molar-refractivity contribution < 1.29 is 13.5 Å². The SMILES string of the molecule is NS(=O)(=O)C(O)CCCc1ccccc1. The molecule has 1 aromatic rings. The summed E-state index contributed by atoms with van der Waals surface area (Å²) in [6.07, 6.45) is 1.52. The fourth-order valence-corrected chi connectivity index (χ4v) is 1.78. The second kappa shape index (κ2) is 5.25. The molecule has 3 N–H and O–H groups in total. The summed E-state index contributed by atoms with van der Waals surface area (Å²) in [5.41, 5.74) is -0.319. The van der Waals surface area contributed by atoms with Crippen molar-refractivity contribution in [2.45, 2.75) is 24.7 Å². The smallest absolute Gasteiger partial charge is 0.235 e. The summed E-state index contributed by atoms with van der Waals surface area (Å²) in [7, 11) is -3.80. The Kier molecular flexibility index (Phi) is 4.26. The molecule has 0 saturated carbocycles. The molecule has 0 saturated heterocycles. The molecule has 1 atom stereocenters. The van der Waals surface area contributed by atoms with Crippen LogP contribution in [0, 0.1) is 0 Å². The average molecular weight is 229 g/mol. The van der Waals surface area contributed by atoms with E-state index in [0.717, 1.165) is 12.0 Å². The molecule has 1 aromatic carbocycles. The van der Waals surface area contributed by atoms with E-state index in [0.29, 0.717) is 6.42 Å². The molecule has 0 fully saturated rings. The Hall–Kier alpha value is -0.910. The van der Waals surface area contributed by atoms with Crippen molar-refractivity contribution in [1.82, 2.24) is 0 Å². The molecule has 1 unspecified atom stereocenters. The van der Waals surface area contributed by atoms with Crippen molar-refractivity contribution in [2.24, 2.45) is 5.14 Å².